The zero-order chi connectivity index (χ0) is 23.3. The fourth-order valence-corrected chi connectivity index (χ4v) is 2.16. The first kappa shape index (κ1) is 26.7. The second-order valence-corrected chi connectivity index (χ2v) is 7.87. The summed E-state index contributed by atoms with van der Waals surface area (Å²) in [6.45, 7) is 0.249. The van der Waals surface area contributed by atoms with E-state index in [1.54, 1.807) is 6.07 Å². The second kappa shape index (κ2) is 13.0. The maximum atomic E-state index is 10.8. The van der Waals surface area contributed by atoms with E-state index in [2.05, 4.69) is 34.8 Å². The van der Waals surface area contributed by atoms with E-state index in [1.165, 1.54) is 33.6 Å². The number of rotatable bonds is 5. The lowest BCUT2D eigenvalue weighted by atomic mass is 10.1. The molecule has 1 atom stereocenters. The molecule has 0 aliphatic carbocycles. The molecule has 2 heterocycles. The van der Waals surface area contributed by atoms with Crippen LogP contribution in [0.2, 0.25) is 0 Å². The summed E-state index contributed by atoms with van der Waals surface area (Å²) in [5.41, 5.74) is -0.436. The summed E-state index contributed by atoms with van der Waals surface area (Å²) < 4.78 is 26.8. The molecule has 0 bridgehead atoms. The van der Waals surface area contributed by atoms with Crippen molar-refractivity contribution >= 4 is 38.9 Å². The number of amides is 2. The van der Waals surface area contributed by atoms with E-state index >= 15 is 0 Å². The van der Waals surface area contributed by atoms with Crippen LogP contribution in [0.5, 0.6) is 0 Å². The van der Waals surface area contributed by atoms with Crippen LogP contribution in [0.4, 0.5) is 0 Å². The number of aromatic amines is 1. The highest BCUT2D eigenvalue weighted by Crippen LogP contribution is 2.02. The summed E-state index contributed by atoms with van der Waals surface area (Å²) in [6.07, 6.45) is 1.10. The van der Waals surface area contributed by atoms with Gasteiger partial charge in [0.1, 0.15) is 19.3 Å². The van der Waals surface area contributed by atoms with Gasteiger partial charge < -0.3 is 14.0 Å². The zero-order valence-electron chi connectivity index (χ0n) is 16.9. The van der Waals surface area contributed by atoms with E-state index in [1.807, 2.05) is 0 Å². The van der Waals surface area contributed by atoms with Crippen molar-refractivity contribution in [1.29, 1.82) is 5.26 Å². The van der Waals surface area contributed by atoms with Crippen LogP contribution in [0.25, 0.3) is 0 Å². The monoisotopic (exact) mass is 445 g/mol. The Hall–Kier alpha value is -3.28. The molecular formula is C16H23N5O8S. The zero-order valence-corrected chi connectivity index (χ0v) is 17.7. The smallest absolute Gasteiger partial charge is 0.280 e. The van der Waals surface area contributed by atoms with Gasteiger partial charge in [-0.2, -0.15) is 15.5 Å². The molecule has 1 aromatic heterocycles. The van der Waals surface area contributed by atoms with Gasteiger partial charge >= 0.3 is 0 Å². The summed E-state index contributed by atoms with van der Waals surface area (Å²) >= 11 is 0. The van der Waals surface area contributed by atoms with Crippen LogP contribution in [0, 0.1) is 11.3 Å². The van der Waals surface area contributed by atoms with Gasteiger partial charge in [0.15, 0.2) is 5.76 Å². The lowest BCUT2D eigenvalue weighted by Gasteiger charge is -2.14. The maximum absolute atomic E-state index is 10.8. The molecule has 1 unspecified atom stereocenters. The molecule has 30 heavy (non-hydrogen) atoms. The Kier molecular flexibility index (Phi) is 11.6. The van der Waals surface area contributed by atoms with Gasteiger partial charge in [-0.15, -0.1) is 0 Å². The first-order valence-electron chi connectivity index (χ1n) is 8.00. The number of methoxy groups -OCH3 is 2. The third kappa shape index (κ3) is 11.5. The molecule has 0 saturated carbocycles. The number of ether oxygens (including phenoxy) is 2. The highest BCUT2D eigenvalue weighted by molar-refractivity contribution is 7.98. The highest BCUT2D eigenvalue weighted by atomic mass is 32.2. The lowest BCUT2D eigenvalue weighted by Crippen LogP contribution is -2.33. The average molecular weight is 445 g/mol. The molecule has 0 aromatic carbocycles. The predicted molar refractivity (Wildman–Crippen MR) is 107 cm³/mol. The van der Waals surface area contributed by atoms with Gasteiger partial charge in [-0.25, -0.2) is 9.22 Å². The number of hydrogen-bond acceptors (Lipinski definition) is 10. The Bertz CT molecular complexity index is 970. The standard InChI is InChI=1S/C6H5N3O2.C5H11NO3S.C5H7NO3/c1-9-6(11)2-5(10)4(3-7)8-9;1-9-4-5(7)6-10(2,3)8;1-8-3-4-2-5(7)6-9-4/h2H2,1H3;2,4H2,1,3H3,(H,6,7,8);2H,3H2,1H3,(H,6,7). The molecule has 2 amide bonds. The van der Waals surface area contributed by atoms with Gasteiger partial charge in [0.2, 0.25) is 17.4 Å². The maximum Gasteiger partial charge on any atom is 0.280 e. The molecule has 166 valence electrons. The molecule has 1 aliphatic rings. The number of hydrogen-bond donors (Lipinski definition) is 2. The second-order valence-electron chi connectivity index (χ2n) is 5.65. The van der Waals surface area contributed by atoms with Gasteiger partial charge in [0.05, 0.1) is 6.42 Å². The van der Waals surface area contributed by atoms with Gasteiger partial charge in [-0.1, -0.05) is 0 Å². The minimum absolute atomic E-state index is 0.0830. The van der Waals surface area contributed by atoms with Crippen LogP contribution >= 0.6 is 0 Å². The van der Waals surface area contributed by atoms with Crippen molar-refractivity contribution in [3.8, 4) is 6.07 Å². The average Bonchev–Trinajstić information content (AvgIpc) is 3.03. The van der Waals surface area contributed by atoms with Gasteiger partial charge in [0, 0.05) is 43.3 Å². The number of hydrazone groups is 1. The SMILES string of the molecule is C=S(C)(=O)NC(=O)COC.CN1N=C(C#N)C(=O)CC1=O.COCc1cc(=O)[nH]o1. The number of Topliss-reactive ketones (excluding diaryl/α,β-unsaturated/α-hetero) is 1. The molecule has 13 nitrogen and oxygen atoms in total. The summed E-state index contributed by atoms with van der Waals surface area (Å²) in [6, 6.07) is 2.96. The van der Waals surface area contributed by atoms with E-state index in [-0.39, 0.29) is 30.2 Å². The van der Waals surface area contributed by atoms with Crippen molar-refractivity contribution in [2.24, 2.45) is 5.10 Å². The minimum atomic E-state index is -2.43. The van der Waals surface area contributed by atoms with E-state index in [0.717, 1.165) is 5.01 Å². The van der Waals surface area contributed by atoms with Crippen LogP contribution in [0.1, 0.15) is 12.2 Å². The Morgan fingerprint density at radius 1 is 1.43 bits per heavy atom. The van der Waals surface area contributed by atoms with Crippen LogP contribution in [0.15, 0.2) is 20.5 Å². The largest absolute Gasteiger partial charge is 0.381 e. The van der Waals surface area contributed by atoms with E-state index in [9.17, 15) is 23.4 Å². The molecule has 0 radical (unpaired) electrons. The topological polar surface area (TPSA) is 184 Å². The Balaban J connectivity index is 0.000000423. The number of nitrogens with zero attached hydrogens (tertiary/aromatic N) is 3. The molecule has 2 N–H and O–H groups in total. The Labute approximate surface area is 172 Å². The lowest BCUT2D eigenvalue weighted by molar-refractivity contribution is -0.134. The molecule has 14 heteroatoms. The summed E-state index contributed by atoms with van der Waals surface area (Å²) in [5, 5.41) is 14.9. The van der Waals surface area contributed by atoms with Crippen LogP contribution in [0.3, 0.4) is 0 Å². The van der Waals surface area contributed by atoms with Crippen molar-refractivity contribution in [3.05, 3.63) is 22.2 Å². The summed E-state index contributed by atoms with van der Waals surface area (Å²) in [5.74, 6) is 2.45. The van der Waals surface area contributed by atoms with Gasteiger partial charge in [-0.3, -0.25) is 23.9 Å². The fraction of sp³-hybridized carbons (Fsp3) is 0.438. The number of ketones is 1. The third-order valence-corrected chi connectivity index (χ3v) is 3.42. The van der Waals surface area contributed by atoms with Gasteiger partial charge in [-0.05, 0) is 5.87 Å². The predicted octanol–water partition coefficient (Wildman–Crippen LogP) is -1.58. The number of carbonyl (C=O) groups is 3. The fourth-order valence-electron chi connectivity index (χ4n) is 1.62. The number of aromatic nitrogens is 1. The third-order valence-electron chi connectivity index (χ3n) is 2.76. The van der Waals surface area contributed by atoms with Gasteiger partial charge in [0.25, 0.3) is 11.5 Å². The Morgan fingerprint density at radius 2 is 2.07 bits per heavy atom. The van der Waals surface area contributed by atoms with Crippen molar-refractivity contribution in [2.45, 2.75) is 13.0 Å². The van der Waals surface area contributed by atoms with Crippen LogP contribution < -0.4 is 10.3 Å². The van der Waals surface area contributed by atoms with E-state index in [4.69, 9.17) is 5.26 Å². The molecule has 0 saturated heterocycles. The molecule has 2 rings (SSSR count). The van der Waals surface area contributed by atoms with Crippen molar-refractivity contribution in [2.75, 3.05) is 34.1 Å². The summed E-state index contributed by atoms with van der Waals surface area (Å²) in [7, 11) is 1.91. The molecular weight excluding hydrogens is 422 g/mol. The number of nitriles is 1. The van der Waals surface area contributed by atoms with E-state index in [0.29, 0.717) is 12.4 Å². The van der Waals surface area contributed by atoms with Crippen molar-refractivity contribution < 1.29 is 32.6 Å². The first-order chi connectivity index (χ1) is 13.9. The first-order valence-corrected chi connectivity index (χ1v) is 10.1. The number of carbonyl (C=O) groups excluding carboxylic acids is 3. The molecule has 0 spiro atoms. The van der Waals surface area contributed by atoms with Crippen molar-refractivity contribution in [1.82, 2.24) is 14.9 Å². The number of nitrogens with one attached hydrogen (secondary N) is 2. The van der Waals surface area contributed by atoms with Crippen molar-refractivity contribution in [3.63, 3.8) is 0 Å². The highest BCUT2D eigenvalue weighted by Gasteiger charge is 2.24. The summed E-state index contributed by atoms with van der Waals surface area (Å²) in [4.78, 5) is 42.5. The molecule has 1 aromatic rings. The van der Waals surface area contributed by atoms with E-state index < -0.39 is 21.4 Å². The minimum Gasteiger partial charge on any atom is -0.381 e. The normalized spacial score (nSPS) is 14.8. The number of H-pyrrole nitrogens is 1. The molecule has 1 aliphatic heterocycles. The van der Waals surface area contributed by atoms with Crippen LogP contribution in [-0.2, 0) is 40.2 Å². The molecule has 0 fully saturated rings. The Morgan fingerprint density at radius 3 is 2.50 bits per heavy atom. The van der Waals surface area contributed by atoms with Crippen LogP contribution in [-0.4, -0.2) is 77.7 Å². The quantitative estimate of drug-likeness (QED) is 0.399.